The van der Waals surface area contributed by atoms with Crippen molar-refractivity contribution in [2.24, 2.45) is 0 Å². The minimum Gasteiger partial charge on any atom is -0.494 e. The van der Waals surface area contributed by atoms with Gasteiger partial charge in [-0.05, 0) is 48.7 Å². The van der Waals surface area contributed by atoms with Gasteiger partial charge in [-0.15, -0.1) is 0 Å². The smallest absolute Gasteiger partial charge is 0.337 e. The van der Waals surface area contributed by atoms with Crippen molar-refractivity contribution in [1.29, 1.82) is 0 Å². The second-order valence-corrected chi connectivity index (χ2v) is 4.36. The summed E-state index contributed by atoms with van der Waals surface area (Å²) in [5.74, 6) is -0.531. The summed E-state index contributed by atoms with van der Waals surface area (Å²) >= 11 is 0. The lowest BCUT2D eigenvalue weighted by atomic mass is 10.1. The molecule has 5 heteroatoms. The highest BCUT2D eigenvalue weighted by Crippen LogP contribution is 2.20. The van der Waals surface area contributed by atoms with Crippen LogP contribution in [0.1, 0.15) is 22.3 Å². The van der Waals surface area contributed by atoms with Gasteiger partial charge in [-0.2, -0.15) is 0 Å². The fourth-order valence-electron chi connectivity index (χ4n) is 1.83. The van der Waals surface area contributed by atoms with E-state index in [4.69, 9.17) is 15.6 Å². The van der Waals surface area contributed by atoms with Crippen molar-refractivity contribution in [3.63, 3.8) is 0 Å². The summed E-state index contributed by atoms with van der Waals surface area (Å²) in [4.78, 5) is 14.9. The van der Waals surface area contributed by atoms with Gasteiger partial charge >= 0.3 is 5.97 Å². The average Bonchev–Trinajstić information content (AvgIpc) is 2.46. The molecule has 2 aromatic rings. The second kappa shape index (κ2) is 6.56. The molecule has 0 saturated heterocycles. The molecule has 0 unspecified atom stereocenters. The van der Waals surface area contributed by atoms with Gasteiger partial charge in [0.25, 0.3) is 0 Å². The molecule has 1 aromatic heterocycles. The Morgan fingerprint density at radius 2 is 2.00 bits per heavy atom. The quantitative estimate of drug-likeness (QED) is 0.623. The monoisotopic (exact) mass is 272 g/mol. The van der Waals surface area contributed by atoms with Crippen LogP contribution in [-0.2, 0) is 6.42 Å². The first-order valence-electron chi connectivity index (χ1n) is 6.31. The molecule has 0 atom stereocenters. The predicted octanol–water partition coefficient (Wildman–Crippen LogP) is 2.37. The Bertz CT molecular complexity index is 585. The summed E-state index contributed by atoms with van der Waals surface area (Å²) in [5.41, 5.74) is 7.08. The maximum absolute atomic E-state index is 10.9. The Morgan fingerprint density at radius 3 is 2.70 bits per heavy atom. The van der Waals surface area contributed by atoms with E-state index in [-0.39, 0.29) is 11.3 Å². The summed E-state index contributed by atoms with van der Waals surface area (Å²) in [6, 6.07) is 8.59. The number of carboxylic acids is 1. The van der Waals surface area contributed by atoms with Crippen LogP contribution in [0.3, 0.4) is 0 Å². The number of rotatable bonds is 6. The van der Waals surface area contributed by atoms with Crippen LogP contribution in [-0.4, -0.2) is 22.7 Å². The Labute approximate surface area is 117 Å². The number of ether oxygens (including phenoxy) is 1. The van der Waals surface area contributed by atoms with E-state index < -0.39 is 5.97 Å². The number of aromatic nitrogens is 1. The summed E-state index contributed by atoms with van der Waals surface area (Å²) in [6.45, 7) is 0.519. The highest BCUT2D eigenvalue weighted by Gasteiger charge is 2.09. The molecule has 0 aliphatic heterocycles. The maximum atomic E-state index is 10.9. The van der Waals surface area contributed by atoms with Crippen LogP contribution < -0.4 is 10.5 Å². The standard InChI is InChI=1S/C15H16N2O3/c16-14-4-3-12(10-13(14)15(18)19)20-9-1-2-11-5-7-17-8-6-11/h3-8,10H,1-2,9,16H2,(H,18,19). The van der Waals surface area contributed by atoms with Crippen LogP contribution in [0, 0.1) is 0 Å². The van der Waals surface area contributed by atoms with E-state index in [1.165, 1.54) is 11.6 Å². The van der Waals surface area contributed by atoms with Crippen LogP contribution in [0.15, 0.2) is 42.7 Å². The van der Waals surface area contributed by atoms with Crippen LogP contribution in [0.4, 0.5) is 5.69 Å². The number of nitrogens with two attached hydrogens (primary N) is 1. The lowest BCUT2D eigenvalue weighted by molar-refractivity contribution is 0.0697. The molecule has 5 nitrogen and oxygen atoms in total. The van der Waals surface area contributed by atoms with Gasteiger partial charge < -0.3 is 15.6 Å². The number of hydrogen-bond donors (Lipinski definition) is 2. The van der Waals surface area contributed by atoms with Gasteiger partial charge in [0.05, 0.1) is 12.2 Å². The van der Waals surface area contributed by atoms with Crippen molar-refractivity contribution in [3.8, 4) is 5.75 Å². The highest BCUT2D eigenvalue weighted by atomic mass is 16.5. The van der Waals surface area contributed by atoms with Crippen LogP contribution in [0.5, 0.6) is 5.75 Å². The minimum atomic E-state index is -1.05. The third-order valence-corrected chi connectivity index (χ3v) is 2.88. The molecule has 2 rings (SSSR count). The molecule has 0 bridgehead atoms. The first kappa shape index (κ1) is 13.9. The SMILES string of the molecule is Nc1ccc(OCCCc2ccncc2)cc1C(=O)O. The van der Waals surface area contributed by atoms with E-state index in [1.807, 2.05) is 12.1 Å². The Kier molecular flexibility index (Phi) is 4.55. The summed E-state index contributed by atoms with van der Waals surface area (Å²) < 4.78 is 5.54. The molecule has 1 heterocycles. The Morgan fingerprint density at radius 1 is 1.25 bits per heavy atom. The molecule has 20 heavy (non-hydrogen) atoms. The molecule has 0 radical (unpaired) electrons. The number of nitrogen functional groups attached to an aromatic ring is 1. The van der Waals surface area contributed by atoms with Crippen molar-refractivity contribution >= 4 is 11.7 Å². The fraction of sp³-hybridized carbons (Fsp3) is 0.200. The number of pyridine rings is 1. The number of carbonyl (C=O) groups is 1. The fourth-order valence-corrected chi connectivity index (χ4v) is 1.83. The summed E-state index contributed by atoms with van der Waals surface area (Å²) in [5, 5.41) is 8.97. The zero-order chi connectivity index (χ0) is 14.4. The molecule has 104 valence electrons. The maximum Gasteiger partial charge on any atom is 0.337 e. The topological polar surface area (TPSA) is 85.4 Å². The first-order valence-corrected chi connectivity index (χ1v) is 6.31. The van der Waals surface area contributed by atoms with Gasteiger partial charge in [0.1, 0.15) is 5.75 Å². The molecule has 1 aromatic carbocycles. The third-order valence-electron chi connectivity index (χ3n) is 2.88. The van der Waals surface area contributed by atoms with Gasteiger partial charge in [-0.3, -0.25) is 4.98 Å². The number of aromatic carboxylic acids is 1. The third kappa shape index (κ3) is 3.71. The molecule has 0 fully saturated rings. The van der Waals surface area contributed by atoms with E-state index in [0.29, 0.717) is 12.4 Å². The van der Waals surface area contributed by atoms with Crippen molar-refractivity contribution in [3.05, 3.63) is 53.9 Å². The van der Waals surface area contributed by atoms with Crippen LogP contribution in [0.2, 0.25) is 0 Å². The van der Waals surface area contributed by atoms with Crippen molar-refractivity contribution in [2.45, 2.75) is 12.8 Å². The van der Waals surface area contributed by atoms with Gasteiger partial charge in [-0.25, -0.2) is 4.79 Å². The van der Waals surface area contributed by atoms with Crippen LogP contribution >= 0.6 is 0 Å². The molecule has 0 aliphatic rings. The molecule has 0 amide bonds. The van der Waals surface area contributed by atoms with Gasteiger partial charge in [-0.1, -0.05) is 0 Å². The molecular formula is C15H16N2O3. The number of anilines is 1. The lowest BCUT2D eigenvalue weighted by Crippen LogP contribution is -2.04. The van der Waals surface area contributed by atoms with E-state index in [9.17, 15) is 4.79 Å². The van der Waals surface area contributed by atoms with E-state index in [1.54, 1.807) is 24.5 Å². The normalized spacial score (nSPS) is 10.2. The molecule has 0 saturated carbocycles. The van der Waals surface area contributed by atoms with Crippen LogP contribution in [0.25, 0.3) is 0 Å². The molecule has 0 aliphatic carbocycles. The highest BCUT2D eigenvalue weighted by molar-refractivity contribution is 5.94. The molecule has 0 spiro atoms. The number of hydrogen-bond acceptors (Lipinski definition) is 4. The van der Waals surface area contributed by atoms with Crippen molar-refractivity contribution < 1.29 is 14.6 Å². The largest absolute Gasteiger partial charge is 0.494 e. The van der Waals surface area contributed by atoms with Crippen molar-refractivity contribution in [1.82, 2.24) is 4.98 Å². The number of aryl methyl sites for hydroxylation is 1. The Balaban J connectivity index is 1.85. The van der Waals surface area contributed by atoms with E-state index in [2.05, 4.69) is 4.98 Å². The van der Waals surface area contributed by atoms with E-state index in [0.717, 1.165) is 12.8 Å². The zero-order valence-electron chi connectivity index (χ0n) is 11.0. The summed E-state index contributed by atoms with van der Waals surface area (Å²) in [7, 11) is 0. The lowest BCUT2D eigenvalue weighted by Gasteiger charge is -2.08. The van der Waals surface area contributed by atoms with E-state index >= 15 is 0 Å². The zero-order valence-corrected chi connectivity index (χ0v) is 11.0. The Hall–Kier alpha value is -2.56. The van der Waals surface area contributed by atoms with Crippen molar-refractivity contribution in [2.75, 3.05) is 12.3 Å². The number of carboxylic acid groups (broad SMARTS) is 1. The number of nitrogens with zero attached hydrogens (tertiary/aromatic N) is 1. The molecule has 3 N–H and O–H groups in total. The second-order valence-electron chi connectivity index (χ2n) is 4.36. The predicted molar refractivity (Wildman–Crippen MR) is 75.9 cm³/mol. The van der Waals surface area contributed by atoms with Gasteiger partial charge in [0.2, 0.25) is 0 Å². The molecular weight excluding hydrogens is 256 g/mol. The van der Waals surface area contributed by atoms with Gasteiger partial charge in [0.15, 0.2) is 0 Å². The first-order chi connectivity index (χ1) is 9.66. The summed E-state index contributed by atoms with van der Waals surface area (Å²) in [6.07, 6.45) is 5.25. The van der Waals surface area contributed by atoms with Gasteiger partial charge in [0, 0.05) is 18.1 Å². The minimum absolute atomic E-state index is 0.0663. The number of benzene rings is 1. The average molecular weight is 272 g/mol.